The first-order valence-electron chi connectivity index (χ1n) is 4.41. The predicted octanol–water partition coefficient (Wildman–Crippen LogP) is 3.01. The Morgan fingerprint density at radius 1 is 1.38 bits per heavy atom. The minimum Gasteiger partial charge on any atom is -0.293 e. The van der Waals surface area contributed by atoms with Crippen LogP contribution in [0.5, 0.6) is 0 Å². The van der Waals surface area contributed by atoms with Gasteiger partial charge >= 0.3 is 0 Å². The number of benzene rings is 1. The van der Waals surface area contributed by atoms with Crippen molar-refractivity contribution in [3.05, 3.63) is 35.9 Å². The number of hydrogen-bond donors (Lipinski definition) is 0. The fraction of sp³-hybridized carbons (Fsp3) is 0.364. The van der Waals surface area contributed by atoms with Gasteiger partial charge in [-0.1, -0.05) is 37.3 Å². The molecule has 0 aliphatic heterocycles. The summed E-state index contributed by atoms with van der Waals surface area (Å²) in [5, 5.41) is 0.113. The highest BCUT2D eigenvalue weighted by atomic mass is 32.2. The molecule has 0 heterocycles. The SMILES string of the molecule is CCC(SC)C(=O)c1ccccc1. The van der Waals surface area contributed by atoms with Gasteiger partial charge in [0, 0.05) is 5.56 Å². The molecule has 0 amide bonds. The Labute approximate surface area is 83.5 Å². The van der Waals surface area contributed by atoms with Crippen molar-refractivity contribution in [1.29, 1.82) is 0 Å². The van der Waals surface area contributed by atoms with Crippen LogP contribution < -0.4 is 0 Å². The molecule has 70 valence electrons. The quantitative estimate of drug-likeness (QED) is 0.685. The molecular weight excluding hydrogens is 180 g/mol. The van der Waals surface area contributed by atoms with Crippen LogP contribution in [-0.2, 0) is 0 Å². The molecule has 1 atom stereocenters. The first-order chi connectivity index (χ1) is 6.29. The van der Waals surface area contributed by atoms with E-state index < -0.39 is 0 Å². The highest BCUT2D eigenvalue weighted by molar-refractivity contribution is 7.99. The van der Waals surface area contributed by atoms with Crippen LogP contribution in [0.4, 0.5) is 0 Å². The monoisotopic (exact) mass is 194 g/mol. The average molecular weight is 194 g/mol. The highest BCUT2D eigenvalue weighted by Crippen LogP contribution is 2.16. The van der Waals surface area contributed by atoms with Crippen LogP contribution in [0.2, 0.25) is 0 Å². The maximum atomic E-state index is 11.8. The van der Waals surface area contributed by atoms with Gasteiger partial charge in [0.2, 0.25) is 0 Å². The molecule has 13 heavy (non-hydrogen) atoms. The Bertz CT molecular complexity index is 265. The molecule has 0 bridgehead atoms. The van der Waals surface area contributed by atoms with Gasteiger partial charge in [-0.25, -0.2) is 0 Å². The summed E-state index contributed by atoms with van der Waals surface area (Å²) < 4.78 is 0. The highest BCUT2D eigenvalue weighted by Gasteiger charge is 2.15. The largest absolute Gasteiger partial charge is 0.293 e. The summed E-state index contributed by atoms with van der Waals surface area (Å²) >= 11 is 1.62. The van der Waals surface area contributed by atoms with Gasteiger partial charge < -0.3 is 0 Å². The molecule has 0 N–H and O–H groups in total. The van der Waals surface area contributed by atoms with Crippen LogP contribution in [0, 0.1) is 0 Å². The van der Waals surface area contributed by atoms with Gasteiger partial charge in [0.1, 0.15) is 0 Å². The number of carbonyl (C=O) groups is 1. The number of hydrogen-bond acceptors (Lipinski definition) is 2. The summed E-state index contributed by atoms with van der Waals surface area (Å²) in [7, 11) is 0. The summed E-state index contributed by atoms with van der Waals surface area (Å²) in [6, 6.07) is 9.49. The van der Waals surface area contributed by atoms with E-state index >= 15 is 0 Å². The zero-order valence-corrected chi connectivity index (χ0v) is 8.80. The second-order valence-corrected chi connectivity index (χ2v) is 3.90. The second-order valence-electron chi connectivity index (χ2n) is 2.86. The van der Waals surface area contributed by atoms with Gasteiger partial charge in [-0.2, -0.15) is 11.8 Å². The number of thioether (sulfide) groups is 1. The lowest BCUT2D eigenvalue weighted by Crippen LogP contribution is -2.15. The summed E-state index contributed by atoms with van der Waals surface area (Å²) in [5.74, 6) is 0.246. The third-order valence-corrected chi connectivity index (χ3v) is 3.12. The smallest absolute Gasteiger partial charge is 0.175 e. The van der Waals surface area contributed by atoms with E-state index in [-0.39, 0.29) is 11.0 Å². The summed E-state index contributed by atoms with van der Waals surface area (Å²) in [6.07, 6.45) is 2.88. The Morgan fingerprint density at radius 3 is 2.46 bits per heavy atom. The zero-order valence-electron chi connectivity index (χ0n) is 7.99. The molecule has 0 aliphatic rings. The van der Waals surface area contributed by atoms with E-state index in [1.807, 2.05) is 43.5 Å². The predicted molar refractivity (Wildman–Crippen MR) is 58.4 cm³/mol. The molecule has 0 aromatic heterocycles. The van der Waals surface area contributed by atoms with Gasteiger partial charge in [0.15, 0.2) is 5.78 Å². The third-order valence-electron chi connectivity index (χ3n) is 2.01. The van der Waals surface area contributed by atoms with Crippen molar-refractivity contribution in [2.24, 2.45) is 0 Å². The van der Waals surface area contributed by atoms with E-state index in [1.165, 1.54) is 0 Å². The zero-order chi connectivity index (χ0) is 9.68. The van der Waals surface area contributed by atoms with Gasteiger partial charge in [-0.05, 0) is 12.7 Å². The van der Waals surface area contributed by atoms with Crippen LogP contribution in [0.15, 0.2) is 30.3 Å². The molecule has 1 rings (SSSR count). The molecular formula is C11H14OS. The minimum absolute atomic E-state index is 0.113. The normalized spacial score (nSPS) is 12.5. The molecule has 0 radical (unpaired) electrons. The molecule has 0 saturated heterocycles. The number of ketones is 1. The molecule has 1 unspecified atom stereocenters. The lowest BCUT2D eigenvalue weighted by atomic mass is 10.1. The summed E-state index contributed by atoms with van der Waals surface area (Å²) in [6.45, 7) is 2.04. The average Bonchev–Trinajstić information content (AvgIpc) is 2.21. The van der Waals surface area contributed by atoms with Crippen molar-refractivity contribution < 1.29 is 4.79 Å². The fourth-order valence-corrected chi connectivity index (χ4v) is 1.93. The van der Waals surface area contributed by atoms with E-state index in [0.29, 0.717) is 0 Å². The van der Waals surface area contributed by atoms with E-state index in [9.17, 15) is 4.79 Å². The maximum Gasteiger partial charge on any atom is 0.175 e. The van der Waals surface area contributed by atoms with Crippen LogP contribution in [0.1, 0.15) is 23.7 Å². The van der Waals surface area contributed by atoms with Crippen molar-refractivity contribution in [2.75, 3.05) is 6.26 Å². The standard InChI is InChI=1S/C11H14OS/c1-3-10(13-2)11(12)9-7-5-4-6-8-9/h4-8,10H,3H2,1-2H3. The van der Waals surface area contributed by atoms with Crippen LogP contribution in [0.25, 0.3) is 0 Å². The van der Waals surface area contributed by atoms with Crippen molar-refractivity contribution in [1.82, 2.24) is 0 Å². The first-order valence-corrected chi connectivity index (χ1v) is 5.70. The molecule has 0 spiro atoms. The van der Waals surface area contributed by atoms with Crippen LogP contribution >= 0.6 is 11.8 Å². The van der Waals surface area contributed by atoms with E-state index in [0.717, 1.165) is 12.0 Å². The maximum absolute atomic E-state index is 11.8. The Kier molecular flexibility index (Phi) is 4.03. The second kappa shape index (κ2) is 5.07. The number of Topliss-reactive ketones (excluding diaryl/α,β-unsaturated/α-hetero) is 1. The topological polar surface area (TPSA) is 17.1 Å². The Morgan fingerprint density at radius 2 is 2.00 bits per heavy atom. The molecule has 1 aromatic rings. The first kappa shape index (κ1) is 10.3. The van der Waals surface area contributed by atoms with Gasteiger partial charge in [0.25, 0.3) is 0 Å². The molecule has 1 nitrogen and oxygen atoms in total. The van der Waals surface area contributed by atoms with E-state index in [4.69, 9.17) is 0 Å². The van der Waals surface area contributed by atoms with Gasteiger partial charge in [-0.15, -0.1) is 0 Å². The van der Waals surface area contributed by atoms with Crippen LogP contribution in [-0.4, -0.2) is 17.3 Å². The molecule has 1 aromatic carbocycles. The van der Waals surface area contributed by atoms with Crippen molar-refractivity contribution >= 4 is 17.5 Å². The van der Waals surface area contributed by atoms with Crippen molar-refractivity contribution in [3.8, 4) is 0 Å². The van der Waals surface area contributed by atoms with E-state index in [2.05, 4.69) is 0 Å². The third kappa shape index (κ3) is 2.59. The Balaban J connectivity index is 2.78. The van der Waals surface area contributed by atoms with E-state index in [1.54, 1.807) is 11.8 Å². The summed E-state index contributed by atoms with van der Waals surface area (Å²) in [4.78, 5) is 11.8. The number of carbonyl (C=O) groups excluding carboxylic acids is 1. The molecule has 0 aliphatic carbocycles. The molecule has 2 heteroatoms. The summed E-state index contributed by atoms with van der Waals surface area (Å²) in [5.41, 5.74) is 0.823. The lowest BCUT2D eigenvalue weighted by molar-refractivity contribution is 0.0988. The molecule has 0 saturated carbocycles. The fourth-order valence-electron chi connectivity index (χ4n) is 1.25. The van der Waals surface area contributed by atoms with Crippen molar-refractivity contribution in [2.45, 2.75) is 18.6 Å². The minimum atomic E-state index is 0.113. The Hall–Kier alpha value is -0.760. The van der Waals surface area contributed by atoms with Crippen LogP contribution in [0.3, 0.4) is 0 Å². The van der Waals surface area contributed by atoms with Gasteiger partial charge in [0.05, 0.1) is 5.25 Å². The molecule has 0 fully saturated rings. The number of rotatable bonds is 4. The van der Waals surface area contributed by atoms with Crippen molar-refractivity contribution in [3.63, 3.8) is 0 Å². The lowest BCUT2D eigenvalue weighted by Gasteiger charge is -2.09. The van der Waals surface area contributed by atoms with Gasteiger partial charge in [-0.3, -0.25) is 4.79 Å².